The van der Waals surface area contributed by atoms with E-state index in [1.54, 1.807) is 0 Å². The van der Waals surface area contributed by atoms with Gasteiger partial charge in [-0.25, -0.2) is 0 Å². The Bertz CT molecular complexity index is 350. The van der Waals surface area contributed by atoms with Gasteiger partial charge >= 0.3 is 0 Å². The van der Waals surface area contributed by atoms with Crippen LogP contribution in [0.2, 0.25) is 0 Å². The van der Waals surface area contributed by atoms with Crippen molar-refractivity contribution in [1.29, 1.82) is 0 Å². The van der Waals surface area contributed by atoms with Gasteiger partial charge in [0, 0.05) is 38.5 Å². The van der Waals surface area contributed by atoms with E-state index in [-0.39, 0.29) is 0 Å². The molecule has 0 bridgehead atoms. The van der Waals surface area contributed by atoms with Crippen molar-refractivity contribution in [2.24, 2.45) is 5.73 Å². The molecule has 1 aliphatic rings. The van der Waals surface area contributed by atoms with Crippen LogP contribution in [0.3, 0.4) is 0 Å². The summed E-state index contributed by atoms with van der Waals surface area (Å²) >= 11 is 0. The highest BCUT2D eigenvalue weighted by Gasteiger charge is 2.18. The van der Waals surface area contributed by atoms with Crippen LogP contribution in [0.15, 0.2) is 18.3 Å². The molecule has 0 aromatic carbocycles. The van der Waals surface area contributed by atoms with Crippen molar-refractivity contribution in [2.75, 3.05) is 20.3 Å². The third-order valence-electron chi connectivity index (χ3n) is 3.34. The quantitative estimate of drug-likeness (QED) is 0.850. The van der Waals surface area contributed by atoms with Gasteiger partial charge in [-0.2, -0.15) is 0 Å². The minimum atomic E-state index is 0.509. The summed E-state index contributed by atoms with van der Waals surface area (Å²) in [5, 5.41) is 0. The largest absolute Gasteiger partial charge is 0.381 e. The lowest BCUT2D eigenvalue weighted by Crippen LogP contribution is -2.36. The number of nitrogens with two attached hydrogens (primary N) is 1. The molecular formula is C13H21N3O. The summed E-state index contributed by atoms with van der Waals surface area (Å²) in [6.07, 6.45) is 4.10. The van der Waals surface area contributed by atoms with Crippen LogP contribution >= 0.6 is 0 Å². The first-order valence-corrected chi connectivity index (χ1v) is 6.21. The Morgan fingerprint density at radius 2 is 2.24 bits per heavy atom. The van der Waals surface area contributed by atoms with Crippen molar-refractivity contribution in [3.63, 3.8) is 0 Å². The Labute approximate surface area is 103 Å². The number of hydrogen-bond donors (Lipinski definition) is 1. The van der Waals surface area contributed by atoms with Crippen molar-refractivity contribution in [1.82, 2.24) is 9.88 Å². The summed E-state index contributed by atoms with van der Waals surface area (Å²) in [6, 6.07) is 4.79. The second-order valence-corrected chi connectivity index (χ2v) is 4.62. The number of nitrogens with zero attached hydrogens (tertiary/aromatic N) is 2. The molecule has 4 heteroatoms. The van der Waals surface area contributed by atoms with E-state index in [0.717, 1.165) is 38.3 Å². The normalized spacial score (nSPS) is 17.6. The van der Waals surface area contributed by atoms with Crippen LogP contribution in [0.4, 0.5) is 0 Å². The number of ether oxygens (including phenoxy) is 1. The van der Waals surface area contributed by atoms with E-state index < -0.39 is 0 Å². The van der Waals surface area contributed by atoms with Crippen LogP contribution < -0.4 is 5.73 Å². The van der Waals surface area contributed by atoms with Gasteiger partial charge in [0.05, 0.1) is 5.69 Å². The molecule has 0 unspecified atom stereocenters. The van der Waals surface area contributed by atoms with Crippen LogP contribution in [-0.2, 0) is 17.8 Å². The zero-order valence-electron chi connectivity index (χ0n) is 10.4. The molecule has 4 nitrogen and oxygen atoms in total. The highest BCUT2D eigenvalue weighted by molar-refractivity contribution is 5.16. The van der Waals surface area contributed by atoms with Gasteiger partial charge < -0.3 is 10.5 Å². The average Bonchev–Trinajstić information content (AvgIpc) is 2.40. The Hall–Kier alpha value is -0.970. The maximum Gasteiger partial charge on any atom is 0.0542 e. The molecule has 2 rings (SSSR count). The van der Waals surface area contributed by atoms with E-state index >= 15 is 0 Å². The maximum atomic E-state index is 5.60. The maximum absolute atomic E-state index is 5.60. The lowest BCUT2D eigenvalue weighted by molar-refractivity contribution is 0.0407. The Kier molecular flexibility index (Phi) is 4.48. The molecular weight excluding hydrogens is 214 g/mol. The van der Waals surface area contributed by atoms with Gasteiger partial charge in [-0.1, -0.05) is 0 Å². The predicted octanol–water partition coefficient (Wildman–Crippen LogP) is 1.15. The monoisotopic (exact) mass is 235 g/mol. The van der Waals surface area contributed by atoms with Gasteiger partial charge in [0.2, 0.25) is 0 Å². The topological polar surface area (TPSA) is 51.4 Å². The summed E-state index contributed by atoms with van der Waals surface area (Å²) in [5.74, 6) is 0. The lowest BCUT2D eigenvalue weighted by Gasteiger charge is -2.31. The fourth-order valence-corrected chi connectivity index (χ4v) is 2.28. The molecule has 0 atom stereocenters. The van der Waals surface area contributed by atoms with E-state index in [2.05, 4.69) is 29.1 Å². The van der Waals surface area contributed by atoms with Crippen molar-refractivity contribution in [2.45, 2.75) is 32.0 Å². The molecule has 2 N–H and O–H groups in total. The molecule has 1 aliphatic heterocycles. The number of pyridine rings is 1. The van der Waals surface area contributed by atoms with Crippen molar-refractivity contribution < 1.29 is 4.74 Å². The first kappa shape index (κ1) is 12.5. The van der Waals surface area contributed by atoms with Crippen LogP contribution in [0.1, 0.15) is 24.1 Å². The summed E-state index contributed by atoms with van der Waals surface area (Å²) in [7, 11) is 2.18. The van der Waals surface area contributed by atoms with Gasteiger partial charge in [-0.3, -0.25) is 9.88 Å². The number of hydrogen-bond acceptors (Lipinski definition) is 4. The number of rotatable bonds is 4. The fourth-order valence-electron chi connectivity index (χ4n) is 2.28. The summed E-state index contributed by atoms with van der Waals surface area (Å²) < 4.78 is 5.38. The van der Waals surface area contributed by atoms with E-state index in [0.29, 0.717) is 12.6 Å². The Balaban J connectivity index is 1.94. The average molecular weight is 235 g/mol. The smallest absolute Gasteiger partial charge is 0.0542 e. The van der Waals surface area contributed by atoms with Crippen LogP contribution in [0.25, 0.3) is 0 Å². The molecule has 17 heavy (non-hydrogen) atoms. The van der Waals surface area contributed by atoms with E-state index in [9.17, 15) is 0 Å². The van der Waals surface area contributed by atoms with Gasteiger partial charge in [-0.15, -0.1) is 0 Å². The molecule has 0 radical (unpaired) electrons. The summed E-state index contributed by atoms with van der Waals surface area (Å²) in [4.78, 5) is 6.62. The summed E-state index contributed by atoms with van der Waals surface area (Å²) in [5.41, 5.74) is 7.85. The van der Waals surface area contributed by atoms with E-state index in [1.165, 1.54) is 5.56 Å². The van der Waals surface area contributed by atoms with Crippen LogP contribution in [0, 0.1) is 0 Å². The van der Waals surface area contributed by atoms with Gasteiger partial charge in [0.25, 0.3) is 0 Å². The molecule has 2 heterocycles. The van der Waals surface area contributed by atoms with Crippen LogP contribution in [-0.4, -0.2) is 36.2 Å². The predicted molar refractivity (Wildman–Crippen MR) is 67.4 cm³/mol. The van der Waals surface area contributed by atoms with E-state index in [4.69, 9.17) is 10.5 Å². The highest BCUT2D eigenvalue weighted by atomic mass is 16.5. The molecule has 0 amide bonds. The Morgan fingerprint density at radius 1 is 1.47 bits per heavy atom. The highest BCUT2D eigenvalue weighted by Crippen LogP contribution is 2.15. The minimum Gasteiger partial charge on any atom is -0.381 e. The Morgan fingerprint density at radius 3 is 2.94 bits per heavy atom. The minimum absolute atomic E-state index is 0.509. The third-order valence-corrected chi connectivity index (χ3v) is 3.34. The van der Waals surface area contributed by atoms with Crippen molar-refractivity contribution >= 4 is 0 Å². The second kappa shape index (κ2) is 6.10. The number of aromatic nitrogens is 1. The van der Waals surface area contributed by atoms with Gasteiger partial charge in [-0.05, 0) is 37.6 Å². The molecule has 0 spiro atoms. The molecule has 94 valence electrons. The van der Waals surface area contributed by atoms with Gasteiger partial charge in [0.1, 0.15) is 0 Å². The standard InChI is InChI=1S/C13H21N3O/c1-16(13-3-6-17-7-4-13)10-11-2-5-15-12(8-11)9-14/h2,5,8,13H,3-4,6-7,9-10,14H2,1H3. The molecule has 1 aromatic rings. The zero-order valence-corrected chi connectivity index (χ0v) is 10.4. The summed E-state index contributed by atoms with van der Waals surface area (Å²) in [6.45, 7) is 3.24. The van der Waals surface area contributed by atoms with Crippen LogP contribution in [0.5, 0.6) is 0 Å². The molecule has 0 aliphatic carbocycles. The SMILES string of the molecule is CN(Cc1ccnc(CN)c1)C1CCOCC1. The zero-order chi connectivity index (χ0) is 12.1. The molecule has 1 saturated heterocycles. The first-order valence-electron chi connectivity index (χ1n) is 6.21. The first-order chi connectivity index (χ1) is 8.29. The molecule has 0 saturated carbocycles. The van der Waals surface area contributed by atoms with Crippen molar-refractivity contribution in [3.8, 4) is 0 Å². The fraction of sp³-hybridized carbons (Fsp3) is 0.615. The molecule has 1 fully saturated rings. The third kappa shape index (κ3) is 3.49. The van der Waals surface area contributed by atoms with E-state index in [1.807, 2.05) is 6.20 Å². The second-order valence-electron chi connectivity index (χ2n) is 4.62. The van der Waals surface area contributed by atoms with Gasteiger partial charge in [0.15, 0.2) is 0 Å². The molecule has 1 aromatic heterocycles. The lowest BCUT2D eigenvalue weighted by atomic mass is 10.1. The van der Waals surface area contributed by atoms with Crippen molar-refractivity contribution in [3.05, 3.63) is 29.6 Å².